The third kappa shape index (κ3) is 6.38. The van der Waals surface area contributed by atoms with Gasteiger partial charge in [-0.05, 0) is 17.7 Å². The van der Waals surface area contributed by atoms with Crippen molar-refractivity contribution in [1.82, 2.24) is 9.97 Å². The zero-order valence-electron chi connectivity index (χ0n) is 18.7. The fourth-order valence-corrected chi connectivity index (χ4v) is 5.43. The van der Waals surface area contributed by atoms with Crippen molar-refractivity contribution in [3.05, 3.63) is 82.0 Å². The Balaban J connectivity index is 1.44. The molecule has 0 saturated carbocycles. The average molecular weight is 593 g/mol. The van der Waals surface area contributed by atoms with Crippen molar-refractivity contribution >= 4 is 23.2 Å². The maximum atomic E-state index is 13.5. The number of aryl methyl sites for hydroxylation is 1. The monoisotopic (exact) mass is 593 g/mol. The number of carbonyl (C=O) groups is 1. The quantitative estimate of drug-likeness (QED) is 0.326. The number of ether oxygens (including phenoxy) is 1. The van der Waals surface area contributed by atoms with E-state index in [1.54, 1.807) is 36.7 Å². The number of hydrogen-bond donors (Lipinski definition) is 2. The molecule has 0 aliphatic carbocycles. The van der Waals surface area contributed by atoms with E-state index >= 15 is 0 Å². The summed E-state index contributed by atoms with van der Waals surface area (Å²) < 4.78 is 42.2. The van der Waals surface area contributed by atoms with Gasteiger partial charge in [-0.2, -0.15) is 8.78 Å². The molecule has 0 fully saturated rings. The summed E-state index contributed by atoms with van der Waals surface area (Å²) in [6.45, 7) is 0.872. The molecule has 2 aromatic carbocycles. The van der Waals surface area contributed by atoms with Gasteiger partial charge in [-0.3, -0.25) is 0 Å². The average Bonchev–Trinajstić information content (AvgIpc) is 2.82. The van der Waals surface area contributed by atoms with E-state index in [2.05, 4.69) is 25.3 Å². The first-order chi connectivity index (χ1) is 16.8. The van der Waals surface area contributed by atoms with Crippen molar-refractivity contribution in [2.24, 2.45) is 0 Å². The minimum atomic E-state index is -2.87. The predicted molar refractivity (Wildman–Crippen MR) is 124 cm³/mol. The van der Waals surface area contributed by atoms with E-state index in [4.69, 9.17) is 0 Å². The normalized spacial score (nSPS) is 15.5. The molecule has 4 rings (SSSR count). The number of nitrogens with one attached hydrogen (secondary N) is 2. The van der Waals surface area contributed by atoms with Crippen molar-refractivity contribution in [1.29, 1.82) is 0 Å². The Hall–Kier alpha value is -3.41. The number of carbonyl (C=O) groups excluding carboxylic acids is 1. The van der Waals surface area contributed by atoms with Crippen molar-refractivity contribution < 1.29 is 43.9 Å². The van der Waals surface area contributed by atoms with Gasteiger partial charge >= 0.3 is 162 Å². The first-order valence-corrected chi connectivity index (χ1v) is 12.9. The number of benzene rings is 2. The molecule has 2 heterocycles. The molecule has 10 heteroatoms. The van der Waals surface area contributed by atoms with Gasteiger partial charge in [-0.25, -0.2) is 0 Å². The summed E-state index contributed by atoms with van der Waals surface area (Å²) in [7, 11) is 0. The molecule has 1 atom stereocenters. The Morgan fingerprint density at radius 2 is 1.77 bits per heavy atom. The number of amides is 1. The number of allylic oxidation sites excluding steroid dienone is 2. The topological polar surface area (TPSA) is 76.1 Å². The number of hydrogen-bond acceptors (Lipinski definition) is 5. The third-order valence-corrected chi connectivity index (χ3v) is 7.71. The van der Waals surface area contributed by atoms with E-state index in [1.807, 2.05) is 26.0 Å². The SMILES string of the molecule is Cc1ccc(Nc2ncc(-c3ccc(OC(F)F)cc3)cn2)cc1NC(=O)C1=CC=C(F)[I-]C1C. The molecule has 0 bridgehead atoms. The Morgan fingerprint density at radius 1 is 1.06 bits per heavy atom. The zero-order valence-corrected chi connectivity index (χ0v) is 20.9. The summed E-state index contributed by atoms with van der Waals surface area (Å²) in [5, 5.41) is 6.02. The van der Waals surface area contributed by atoms with E-state index in [0.29, 0.717) is 28.5 Å². The minimum absolute atomic E-state index is 0.0738. The summed E-state index contributed by atoms with van der Waals surface area (Å²) in [5.74, 6) is 0.179. The van der Waals surface area contributed by atoms with E-state index < -0.39 is 27.8 Å². The molecule has 3 aromatic rings. The van der Waals surface area contributed by atoms with Crippen LogP contribution in [0.3, 0.4) is 0 Å². The Morgan fingerprint density at radius 3 is 2.43 bits per heavy atom. The van der Waals surface area contributed by atoms with Crippen LogP contribution < -0.4 is 36.6 Å². The Bertz CT molecular complexity index is 1280. The van der Waals surface area contributed by atoms with Crippen molar-refractivity contribution in [3.8, 4) is 16.9 Å². The number of nitrogens with zero attached hydrogens (tertiary/aromatic N) is 2. The molecule has 0 radical (unpaired) electrons. The second-order valence-corrected chi connectivity index (χ2v) is 11.1. The summed E-state index contributed by atoms with van der Waals surface area (Å²) in [4.78, 5) is 21.4. The molecule has 1 aliphatic heterocycles. The van der Waals surface area contributed by atoms with Gasteiger partial charge in [0, 0.05) is 0 Å². The fourth-order valence-electron chi connectivity index (χ4n) is 3.32. The van der Waals surface area contributed by atoms with Crippen molar-refractivity contribution in [2.75, 3.05) is 10.6 Å². The molecular formula is C25H21F3IN4O2-. The van der Waals surface area contributed by atoms with Gasteiger partial charge in [0.1, 0.15) is 5.75 Å². The molecule has 2 N–H and O–H groups in total. The number of halogens is 4. The van der Waals surface area contributed by atoms with Gasteiger partial charge in [0.2, 0.25) is 0 Å². The summed E-state index contributed by atoms with van der Waals surface area (Å²) in [5.41, 5.74) is 4.21. The third-order valence-electron chi connectivity index (χ3n) is 5.15. The first-order valence-electron chi connectivity index (χ1n) is 10.6. The van der Waals surface area contributed by atoms with Crippen LogP contribution in [0, 0.1) is 6.92 Å². The molecule has 6 nitrogen and oxygen atoms in total. The summed E-state index contributed by atoms with van der Waals surface area (Å²) in [6.07, 6.45) is 6.15. The zero-order chi connectivity index (χ0) is 24.9. The van der Waals surface area contributed by atoms with Crippen LogP contribution in [-0.2, 0) is 4.79 Å². The van der Waals surface area contributed by atoms with Crippen LogP contribution in [0.15, 0.2) is 76.4 Å². The summed E-state index contributed by atoms with van der Waals surface area (Å²) >= 11 is -0.835. The second-order valence-electron chi connectivity index (χ2n) is 7.61. The van der Waals surface area contributed by atoms with Gasteiger partial charge < -0.3 is 4.74 Å². The van der Waals surface area contributed by atoms with Gasteiger partial charge in [0.15, 0.2) is 0 Å². The second kappa shape index (κ2) is 10.9. The van der Waals surface area contributed by atoms with E-state index in [1.165, 1.54) is 18.2 Å². The first kappa shape index (κ1) is 24.7. The molecule has 182 valence electrons. The van der Waals surface area contributed by atoms with Crippen LogP contribution in [0.2, 0.25) is 0 Å². The maximum absolute atomic E-state index is 13.5. The molecule has 35 heavy (non-hydrogen) atoms. The van der Waals surface area contributed by atoms with Crippen LogP contribution in [-0.4, -0.2) is 26.4 Å². The van der Waals surface area contributed by atoms with Crippen LogP contribution in [0.4, 0.5) is 30.5 Å². The van der Waals surface area contributed by atoms with Crippen molar-refractivity contribution in [3.63, 3.8) is 0 Å². The standard InChI is InChI=1S/C25H21F3IN4O2/c1-14-3-6-18(11-21(14)33-23(34)20-9-10-22(26)29-15(20)2)32-25-30-12-17(13-31-25)16-4-7-19(8-5-16)35-24(27)28/h3-13,15,24H,1-2H3,(H,33,34)(H,30,31,32)/q-1. The van der Waals surface area contributed by atoms with Crippen LogP contribution in [0.25, 0.3) is 11.1 Å². The van der Waals surface area contributed by atoms with Crippen molar-refractivity contribution in [2.45, 2.75) is 24.4 Å². The molecule has 1 unspecified atom stereocenters. The fraction of sp³-hybridized carbons (Fsp3) is 0.160. The van der Waals surface area contributed by atoms with Gasteiger partial charge in [0.05, 0.1) is 0 Å². The number of aromatic nitrogens is 2. The van der Waals surface area contributed by atoms with Gasteiger partial charge in [-0.15, -0.1) is 0 Å². The molecule has 0 saturated heterocycles. The van der Waals surface area contributed by atoms with Gasteiger partial charge in [-0.1, -0.05) is 12.1 Å². The predicted octanol–water partition coefficient (Wildman–Crippen LogP) is 2.96. The Labute approximate surface area is 210 Å². The van der Waals surface area contributed by atoms with E-state index in [9.17, 15) is 18.0 Å². The van der Waals surface area contributed by atoms with Crippen LogP contribution in [0.5, 0.6) is 5.75 Å². The molecule has 0 spiro atoms. The number of alkyl halides is 3. The molecule has 1 amide bonds. The molecule has 1 aromatic heterocycles. The van der Waals surface area contributed by atoms with Crippen LogP contribution in [0.1, 0.15) is 12.5 Å². The molecular weight excluding hydrogens is 572 g/mol. The van der Waals surface area contributed by atoms with Crippen LogP contribution >= 0.6 is 0 Å². The Kier molecular flexibility index (Phi) is 7.69. The number of rotatable bonds is 7. The van der Waals surface area contributed by atoms with E-state index in [-0.39, 0.29) is 19.4 Å². The summed E-state index contributed by atoms with van der Waals surface area (Å²) in [6, 6.07) is 11.7. The molecule has 1 aliphatic rings. The van der Waals surface area contributed by atoms with E-state index in [0.717, 1.165) is 11.1 Å². The number of anilines is 3. The van der Waals surface area contributed by atoms with Gasteiger partial charge in [0.25, 0.3) is 0 Å².